The van der Waals surface area contributed by atoms with E-state index in [4.69, 9.17) is 0 Å². The van der Waals surface area contributed by atoms with Crippen molar-refractivity contribution in [2.45, 2.75) is 13.8 Å². The first kappa shape index (κ1) is 13.2. The van der Waals surface area contributed by atoms with Gasteiger partial charge in [0, 0.05) is 10.0 Å². The molecule has 1 nitrogen and oxygen atoms in total. The van der Waals surface area contributed by atoms with Crippen molar-refractivity contribution in [1.29, 1.82) is 0 Å². The lowest BCUT2D eigenvalue weighted by atomic mass is 9.93. The summed E-state index contributed by atoms with van der Waals surface area (Å²) in [7, 11) is 0. The molecule has 3 aromatic rings. The van der Waals surface area contributed by atoms with Crippen molar-refractivity contribution in [1.82, 2.24) is 0 Å². The average Bonchev–Trinajstić information content (AvgIpc) is 2.43. The van der Waals surface area contributed by atoms with Crippen LogP contribution in [0.3, 0.4) is 0 Å². The van der Waals surface area contributed by atoms with E-state index in [0.29, 0.717) is 5.75 Å². The van der Waals surface area contributed by atoms with Crippen molar-refractivity contribution >= 4 is 26.7 Å². The van der Waals surface area contributed by atoms with E-state index in [1.165, 1.54) is 5.56 Å². The van der Waals surface area contributed by atoms with Crippen molar-refractivity contribution in [3.63, 3.8) is 0 Å². The van der Waals surface area contributed by atoms with Crippen molar-refractivity contribution in [3.8, 4) is 16.9 Å². The maximum atomic E-state index is 10.3. The molecule has 0 aliphatic carbocycles. The number of rotatable bonds is 1. The highest BCUT2D eigenvalue weighted by atomic mass is 79.9. The Bertz CT molecular complexity index is 806. The third-order valence-corrected chi connectivity index (χ3v) is 4.55. The summed E-state index contributed by atoms with van der Waals surface area (Å²) in [5.41, 5.74) is 4.32. The van der Waals surface area contributed by atoms with Crippen LogP contribution in [0.1, 0.15) is 11.1 Å². The summed E-state index contributed by atoms with van der Waals surface area (Å²) < 4.78 is 1.05. The molecule has 0 radical (unpaired) electrons. The molecule has 0 heterocycles. The molecule has 0 spiro atoms. The van der Waals surface area contributed by atoms with Crippen LogP contribution in [0.5, 0.6) is 5.75 Å². The molecule has 20 heavy (non-hydrogen) atoms. The van der Waals surface area contributed by atoms with Gasteiger partial charge in [-0.05, 0) is 47.9 Å². The Hall–Kier alpha value is -1.80. The Balaban J connectivity index is 2.41. The molecular weight excluding hydrogens is 312 g/mol. The number of benzene rings is 3. The standard InChI is InChI=1S/C18H15BrO/c1-11-6-8-15-13(10-11)7-9-17(20)18(15)14-4-3-5-16(19)12(14)2/h3-10,20H,1-2H3. The van der Waals surface area contributed by atoms with Crippen molar-refractivity contribution in [2.75, 3.05) is 0 Å². The van der Waals surface area contributed by atoms with Crippen molar-refractivity contribution < 1.29 is 5.11 Å². The van der Waals surface area contributed by atoms with E-state index in [-0.39, 0.29) is 0 Å². The second-order valence-electron chi connectivity index (χ2n) is 5.10. The van der Waals surface area contributed by atoms with Gasteiger partial charge in [-0.3, -0.25) is 0 Å². The summed E-state index contributed by atoms with van der Waals surface area (Å²) in [5, 5.41) is 12.6. The molecule has 0 aliphatic rings. The minimum absolute atomic E-state index is 0.322. The lowest BCUT2D eigenvalue weighted by molar-refractivity contribution is 0.478. The van der Waals surface area contributed by atoms with Crippen LogP contribution in [0.15, 0.2) is 53.0 Å². The monoisotopic (exact) mass is 326 g/mol. The van der Waals surface area contributed by atoms with Crippen molar-refractivity contribution in [2.24, 2.45) is 0 Å². The summed E-state index contributed by atoms with van der Waals surface area (Å²) in [6.07, 6.45) is 0. The number of halogens is 1. The molecule has 2 heteroatoms. The first-order chi connectivity index (χ1) is 9.58. The highest BCUT2D eigenvalue weighted by Crippen LogP contribution is 2.39. The van der Waals surface area contributed by atoms with Gasteiger partial charge in [0.2, 0.25) is 0 Å². The largest absolute Gasteiger partial charge is 0.507 e. The zero-order valence-corrected chi connectivity index (χ0v) is 13.0. The van der Waals surface area contributed by atoms with Gasteiger partial charge in [-0.2, -0.15) is 0 Å². The Morgan fingerprint density at radius 2 is 1.75 bits per heavy atom. The lowest BCUT2D eigenvalue weighted by Crippen LogP contribution is -1.88. The highest BCUT2D eigenvalue weighted by Gasteiger charge is 2.12. The van der Waals surface area contributed by atoms with Gasteiger partial charge in [-0.25, -0.2) is 0 Å². The third-order valence-electron chi connectivity index (χ3n) is 3.69. The second kappa shape index (κ2) is 4.95. The number of fused-ring (bicyclic) bond motifs is 1. The van der Waals surface area contributed by atoms with Gasteiger partial charge in [0.1, 0.15) is 5.75 Å². The van der Waals surface area contributed by atoms with Gasteiger partial charge in [-0.1, -0.05) is 57.9 Å². The molecule has 100 valence electrons. The fraction of sp³-hybridized carbons (Fsp3) is 0.111. The van der Waals surface area contributed by atoms with E-state index < -0.39 is 0 Å². The Kier molecular flexibility index (Phi) is 3.27. The van der Waals surface area contributed by atoms with Crippen LogP contribution >= 0.6 is 15.9 Å². The van der Waals surface area contributed by atoms with Gasteiger partial charge in [0.05, 0.1) is 0 Å². The normalized spacial score (nSPS) is 10.9. The molecule has 3 rings (SSSR count). The first-order valence-electron chi connectivity index (χ1n) is 6.56. The molecule has 0 unspecified atom stereocenters. The number of hydrogen-bond acceptors (Lipinski definition) is 1. The molecule has 0 aliphatic heterocycles. The molecule has 0 bridgehead atoms. The molecule has 0 fully saturated rings. The number of aromatic hydroxyl groups is 1. The number of aryl methyl sites for hydroxylation is 1. The highest BCUT2D eigenvalue weighted by molar-refractivity contribution is 9.10. The zero-order valence-electron chi connectivity index (χ0n) is 11.4. The van der Waals surface area contributed by atoms with E-state index >= 15 is 0 Å². The smallest absolute Gasteiger partial charge is 0.124 e. The van der Waals surface area contributed by atoms with Crippen LogP contribution in [0.2, 0.25) is 0 Å². The topological polar surface area (TPSA) is 20.2 Å². The molecule has 3 aromatic carbocycles. The molecule has 1 N–H and O–H groups in total. The van der Waals surface area contributed by atoms with Crippen LogP contribution in [-0.2, 0) is 0 Å². The first-order valence-corrected chi connectivity index (χ1v) is 7.35. The van der Waals surface area contributed by atoms with Gasteiger partial charge >= 0.3 is 0 Å². The van der Waals surface area contributed by atoms with Gasteiger partial charge < -0.3 is 5.11 Å². The van der Waals surface area contributed by atoms with Gasteiger partial charge in [-0.15, -0.1) is 0 Å². The SMILES string of the molecule is Cc1ccc2c(-c3cccc(Br)c3C)c(O)ccc2c1. The van der Waals surface area contributed by atoms with Crippen LogP contribution in [0, 0.1) is 13.8 Å². The summed E-state index contributed by atoms with van der Waals surface area (Å²) in [6, 6.07) is 16.1. The second-order valence-corrected chi connectivity index (χ2v) is 5.95. The number of phenols is 1. The van der Waals surface area contributed by atoms with Gasteiger partial charge in [0.15, 0.2) is 0 Å². The molecule has 0 saturated heterocycles. The molecule has 0 saturated carbocycles. The lowest BCUT2D eigenvalue weighted by Gasteiger charge is -2.13. The molecule has 0 amide bonds. The van der Waals surface area contributed by atoms with Crippen LogP contribution in [-0.4, -0.2) is 5.11 Å². The summed E-state index contributed by atoms with van der Waals surface area (Å²) >= 11 is 3.56. The molecule has 0 aromatic heterocycles. The third kappa shape index (κ3) is 2.10. The molecule has 0 atom stereocenters. The summed E-state index contributed by atoms with van der Waals surface area (Å²) in [5.74, 6) is 0.322. The Labute approximate surface area is 127 Å². The molecular formula is C18H15BrO. The fourth-order valence-corrected chi connectivity index (χ4v) is 2.97. The quantitative estimate of drug-likeness (QED) is 0.617. The van der Waals surface area contributed by atoms with E-state index in [1.54, 1.807) is 6.07 Å². The van der Waals surface area contributed by atoms with E-state index in [1.807, 2.05) is 18.2 Å². The van der Waals surface area contributed by atoms with Crippen molar-refractivity contribution in [3.05, 3.63) is 64.1 Å². The summed E-state index contributed by atoms with van der Waals surface area (Å²) in [6.45, 7) is 4.14. The van der Waals surface area contributed by atoms with Crippen LogP contribution in [0.25, 0.3) is 21.9 Å². The van der Waals surface area contributed by atoms with E-state index in [0.717, 1.165) is 31.9 Å². The Morgan fingerprint density at radius 1 is 0.950 bits per heavy atom. The van der Waals surface area contributed by atoms with Crippen LogP contribution < -0.4 is 0 Å². The van der Waals surface area contributed by atoms with Crippen LogP contribution in [0.4, 0.5) is 0 Å². The number of phenolic OH excluding ortho intramolecular Hbond substituents is 1. The minimum atomic E-state index is 0.322. The van der Waals surface area contributed by atoms with E-state index in [2.05, 4.69) is 54.0 Å². The zero-order chi connectivity index (χ0) is 14.3. The maximum Gasteiger partial charge on any atom is 0.124 e. The average molecular weight is 327 g/mol. The van der Waals surface area contributed by atoms with E-state index in [9.17, 15) is 5.11 Å². The van der Waals surface area contributed by atoms with Gasteiger partial charge in [0.25, 0.3) is 0 Å². The Morgan fingerprint density at radius 3 is 2.55 bits per heavy atom. The predicted octanol–water partition coefficient (Wildman–Crippen LogP) is 5.59. The number of hydrogen-bond donors (Lipinski definition) is 1. The maximum absolute atomic E-state index is 10.3. The fourth-order valence-electron chi connectivity index (χ4n) is 2.60. The predicted molar refractivity (Wildman–Crippen MR) is 88.2 cm³/mol. The minimum Gasteiger partial charge on any atom is -0.507 e. The summed E-state index contributed by atoms with van der Waals surface area (Å²) in [4.78, 5) is 0.